The van der Waals surface area contributed by atoms with Crippen LogP contribution in [0.15, 0.2) is 0 Å². The van der Waals surface area contributed by atoms with E-state index in [1.165, 1.54) is 46.3 Å². The summed E-state index contributed by atoms with van der Waals surface area (Å²) in [6.07, 6.45) is 9.38. The summed E-state index contributed by atoms with van der Waals surface area (Å²) in [5.41, 5.74) is -0.729. The Morgan fingerprint density at radius 2 is 1.61 bits per heavy atom. The normalized spacial score (nSPS) is 43.0. The molecule has 3 fully saturated rings. The van der Waals surface area contributed by atoms with E-state index in [2.05, 4.69) is 0 Å². The van der Waals surface area contributed by atoms with Crippen LogP contribution in [0.5, 0.6) is 0 Å². The molecule has 0 spiro atoms. The van der Waals surface area contributed by atoms with Gasteiger partial charge in [-0.25, -0.2) is 0 Å². The van der Waals surface area contributed by atoms with Gasteiger partial charge in [-0.15, -0.1) is 0 Å². The van der Waals surface area contributed by atoms with Crippen molar-refractivity contribution >= 4 is 11.9 Å². The third-order valence-corrected chi connectivity index (χ3v) is 7.28. The molecule has 0 N–H and O–H groups in total. The van der Waals surface area contributed by atoms with Crippen LogP contribution in [0.4, 0.5) is 0 Å². The molecule has 4 nitrogen and oxygen atoms in total. The maximum atomic E-state index is 12.7. The molecular weight excluding hydrogens is 292 g/mol. The lowest BCUT2D eigenvalue weighted by atomic mass is 9.48. The Hall–Kier alpha value is -1.06. The van der Waals surface area contributed by atoms with Crippen LogP contribution in [0, 0.1) is 35.0 Å². The van der Waals surface area contributed by atoms with Crippen LogP contribution < -0.4 is 0 Å². The third kappa shape index (κ3) is 2.58. The Bertz CT molecular complexity index is 474. The van der Waals surface area contributed by atoms with Crippen LogP contribution in [0.3, 0.4) is 0 Å². The summed E-state index contributed by atoms with van der Waals surface area (Å²) in [5.74, 6) is 1.57. The Morgan fingerprint density at radius 1 is 0.870 bits per heavy atom. The van der Waals surface area contributed by atoms with Crippen molar-refractivity contribution in [3.8, 4) is 0 Å². The third-order valence-electron chi connectivity index (χ3n) is 7.28. The van der Waals surface area contributed by atoms with Gasteiger partial charge in [0.05, 0.1) is 25.6 Å². The van der Waals surface area contributed by atoms with Gasteiger partial charge < -0.3 is 9.47 Å². The van der Waals surface area contributed by atoms with Crippen molar-refractivity contribution in [3.63, 3.8) is 0 Å². The van der Waals surface area contributed by atoms with Gasteiger partial charge in [0, 0.05) is 0 Å². The number of esters is 2. The van der Waals surface area contributed by atoms with E-state index >= 15 is 0 Å². The van der Waals surface area contributed by atoms with Crippen molar-refractivity contribution < 1.29 is 19.1 Å². The van der Waals surface area contributed by atoms with Gasteiger partial charge in [0.15, 0.2) is 0 Å². The first-order valence-corrected chi connectivity index (χ1v) is 9.20. The molecule has 130 valence electrons. The van der Waals surface area contributed by atoms with Crippen LogP contribution >= 0.6 is 0 Å². The molecule has 0 aromatic carbocycles. The van der Waals surface area contributed by atoms with Gasteiger partial charge in [0.2, 0.25) is 0 Å². The molecule has 0 bridgehead atoms. The minimum atomic E-state index is -0.729. The number of methoxy groups -OCH3 is 2. The highest BCUT2D eigenvalue weighted by Gasteiger charge is 2.59. The molecule has 0 radical (unpaired) electrons. The summed E-state index contributed by atoms with van der Waals surface area (Å²) in [6.45, 7) is 1.96. The quantitative estimate of drug-likeness (QED) is 0.729. The number of hydrogen-bond donors (Lipinski definition) is 0. The number of carbonyl (C=O) groups is 2. The van der Waals surface area contributed by atoms with E-state index in [1.54, 1.807) is 0 Å². The van der Waals surface area contributed by atoms with Gasteiger partial charge in [-0.1, -0.05) is 19.3 Å². The van der Waals surface area contributed by atoms with Gasteiger partial charge in [-0.05, 0) is 62.7 Å². The lowest BCUT2D eigenvalue weighted by Gasteiger charge is -2.55. The van der Waals surface area contributed by atoms with E-state index in [-0.39, 0.29) is 23.8 Å². The molecule has 0 unspecified atom stereocenters. The standard InChI is InChI=1S/C19H30O4/c1-19(18(21)23-3)15-10-8-12-6-4-5-7-13(12)14(15)9-11-16(19)17(20)22-2/h12-16H,4-11H2,1-3H3/t12-,13-,14-,15-,16+,19-/m0/s1. The van der Waals surface area contributed by atoms with Crippen LogP contribution in [0.1, 0.15) is 58.3 Å². The van der Waals surface area contributed by atoms with E-state index < -0.39 is 5.41 Å². The molecule has 3 saturated carbocycles. The highest BCUT2D eigenvalue weighted by atomic mass is 16.5. The zero-order valence-corrected chi connectivity index (χ0v) is 14.7. The molecule has 3 aliphatic carbocycles. The number of rotatable bonds is 2. The Morgan fingerprint density at radius 3 is 2.30 bits per heavy atom. The van der Waals surface area contributed by atoms with Gasteiger partial charge in [0.1, 0.15) is 0 Å². The first-order valence-electron chi connectivity index (χ1n) is 9.20. The summed E-state index contributed by atoms with van der Waals surface area (Å²) in [5, 5.41) is 0. The van der Waals surface area contributed by atoms with Crippen LogP contribution in [-0.4, -0.2) is 26.2 Å². The highest BCUT2D eigenvalue weighted by molar-refractivity contribution is 5.85. The Kier molecular flexibility index (Phi) is 4.70. The van der Waals surface area contributed by atoms with Gasteiger partial charge in [-0.3, -0.25) is 9.59 Å². The van der Waals surface area contributed by atoms with Crippen molar-refractivity contribution in [2.24, 2.45) is 35.0 Å². The minimum absolute atomic E-state index is 0.225. The molecule has 4 heteroatoms. The van der Waals surface area contributed by atoms with Crippen LogP contribution in [0.2, 0.25) is 0 Å². The largest absolute Gasteiger partial charge is 0.469 e. The number of carbonyl (C=O) groups excluding carboxylic acids is 2. The first-order chi connectivity index (χ1) is 11.0. The van der Waals surface area contributed by atoms with E-state index in [4.69, 9.17) is 9.47 Å². The second-order valence-corrected chi connectivity index (χ2v) is 7.98. The predicted octanol–water partition coefficient (Wildman–Crippen LogP) is 3.58. The van der Waals surface area contributed by atoms with E-state index in [0.29, 0.717) is 5.92 Å². The maximum Gasteiger partial charge on any atom is 0.312 e. The maximum absolute atomic E-state index is 12.7. The monoisotopic (exact) mass is 322 g/mol. The van der Waals surface area contributed by atoms with Crippen molar-refractivity contribution in [3.05, 3.63) is 0 Å². The van der Waals surface area contributed by atoms with E-state index in [1.807, 2.05) is 6.92 Å². The van der Waals surface area contributed by atoms with Gasteiger partial charge in [0.25, 0.3) is 0 Å². The van der Waals surface area contributed by atoms with Crippen LogP contribution in [-0.2, 0) is 19.1 Å². The molecule has 6 atom stereocenters. The first kappa shape index (κ1) is 16.8. The summed E-state index contributed by atoms with van der Waals surface area (Å²) < 4.78 is 10.2. The number of ether oxygens (including phenoxy) is 2. The van der Waals surface area contributed by atoms with Crippen LogP contribution in [0.25, 0.3) is 0 Å². The van der Waals surface area contributed by atoms with Crippen molar-refractivity contribution in [1.82, 2.24) is 0 Å². The van der Waals surface area contributed by atoms with E-state index in [9.17, 15) is 9.59 Å². The molecule has 0 aromatic heterocycles. The van der Waals surface area contributed by atoms with E-state index in [0.717, 1.165) is 31.1 Å². The topological polar surface area (TPSA) is 52.6 Å². The van der Waals surface area contributed by atoms with Crippen molar-refractivity contribution in [2.45, 2.75) is 58.3 Å². The summed E-state index contributed by atoms with van der Waals surface area (Å²) in [6, 6.07) is 0. The molecule has 0 amide bonds. The molecular formula is C19H30O4. The molecule has 23 heavy (non-hydrogen) atoms. The average Bonchev–Trinajstić information content (AvgIpc) is 2.60. The SMILES string of the molecule is COC(=O)[C@H]1CC[C@H]2[C@H]3CCCC[C@H]3CC[C@@H]2[C@]1(C)C(=O)OC. The van der Waals surface area contributed by atoms with Gasteiger partial charge in [-0.2, -0.15) is 0 Å². The zero-order valence-electron chi connectivity index (χ0n) is 14.7. The molecule has 0 aliphatic heterocycles. The molecule has 0 heterocycles. The van der Waals surface area contributed by atoms with Crippen molar-refractivity contribution in [2.75, 3.05) is 14.2 Å². The number of fused-ring (bicyclic) bond motifs is 3. The van der Waals surface area contributed by atoms with Crippen molar-refractivity contribution in [1.29, 1.82) is 0 Å². The lowest BCUT2D eigenvalue weighted by Crippen LogP contribution is -2.56. The molecule has 3 rings (SSSR count). The fourth-order valence-electron chi connectivity index (χ4n) is 6.16. The predicted molar refractivity (Wildman–Crippen MR) is 86.5 cm³/mol. The Balaban J connectivity index is 1.93. The van der Waals surface area contributed by atoms with Gasteiger partial charge >= 0.3 is 11.9 Å². The lowest BCUT2D eigenvalue weighted by molar-refractivity contribution is -0.182. The summed E-state index contributed by atoms with van der Waals surface area (Å²) in [4.78, 5) is 25.0. The fraction of sp³-hybridized carbons (Fsp3) is 0.895. The fourth-order valence-corrected chi connectivity index (χ4v) is 6.16. The average molecular weight is 322 g/mol. The summed E-state index contributed by atoms with van der Waals surface area (Å²) in [7, 11) is 2.86. The smallest absolute Gasteiger partial charge is 0.312 e. The second kappa shape index (κ2) is 6.45. The minimum Gasteiger partial charge on any atom is -0.469 e. The molecule has 3 aliphatic rings. The Labute approximate surface area is 139 Å². The second-order valence-electron chi connectivity index (χ2n) is 7.98. The zero-order chi connectivity index (χ0) is 16.6. The highest BCUT2D eigenvalue weighted by Crippen LogP contribution is 2.59. The summed E-state index contributed by atoms with van der Waals surface area (Å²) >= 11 is 0. The molecule has 0 saturated heterocycles. The molecule has 0 aromatic rings. The number of hydrogen-bond acceptors (Lipinski definition) is 4.